The highest BCUT2D eigenvalue weighted by Crippen LogP contribution is 2.29. The van der Waals surface area contributed by atoms with E-state index in [-0.39, 0.29) is 5.91 Å². The number of carbonyl (C=O) groups is 1. The molecular formula is C24H24N4O. The van der Waals surface area contributed by atoms with E-state index in [9.17, 15) is 4.79 Å². The molecule has 1 aliphatic carbocycles. The van der Waals surface area contributed by atoms with Crippen LogP contribution in [0.3, 0.4) is 0 Å². The molecule has 2 heterocycles. The van der Waals surface area contributed by atoms with E-state index in [0.717, 1.165) is 35.0 Å². The van der Waals surface area contributed by atoms with Gasteiger partial charge in [0.25, 0.3) is 5.91 Å². The molecule has 1 amide bonds. The summed E-state index contributed by atoms with van der Waals surface area (Å²) in [7, 11) is 0. The van der Waals surface area contributed by atoms with Gasteiger partial charge in [-0.05, 0) is 66.6 Å². The quantitative estimate of drug-likeness (QED) is 0.541. The number of aromatic amines is 1. The molecule has 0 saturated heterocycles. The molecule has 5 nitrogen and oxygen atoms in total. The van der Waals surface area contributed by atoms with Crippen LogP contribution in [0.25, 0.3) is 10.9 Å². The third-order valence-corrected chi connectivity index (χ3v) is 5.81. The second kappa shape index (κ2) is 7.59. The van der Waals surface area contributed by atoms with Gasteiger partial charge in [0.15, 0.2) is 0 Å². The lowest BCUT2D eigenvalue weighted by Gasteiger charge is -2.12. The van der Waals surface area contributed by atoms with Gasteiger partial charge in [0.05, 0.1) is 6.54 Å². The monoisotopic (exact) mass is 384 g/mol. The Morgan fingerprint density at radius 1 is 1.07 bits per heavy atom. The maximum Gasteiger partial charge on any atom is 0.251 e. The number of nitrogens with zero attached hydrogens (tertiary/aromatic N) is 2. The Kier molecular flexibility index (Phi) is 4.64. The topological polar surface area (TPSA) is 62.7 Å². The highest BCUT2D eigenvalue weighted by molar-refractivity contribution is 5.99. The fraction of sp³-hybridized carbons (Fsp3) is 0.250. The first-order valence-electron chi connectivity index (χ1n) is 10.2. The number of hydrogen-bond donors (Lipinski definition) is 2. The van der Waals surface area contributed by atoms with E-state index in [1.807, 2.05) is 47.3 Å². The molecule has 5 heteroatoms. The summed E-state index contributed by atoms with van der Waals surface area (Å²) in [6, 6.07) is 16.1. The first kappa shape index (κ1) is 17.7. The van der Waals surface area contributed by atoms with Crippen LogP contribution < -0.4 is 5.32 Å². The molecule has 0 radical (unpaired) electrons. The maximum absolute atomic E-state index is 12.8. The largest absolute Gasteiger partial charge is 0.358 e. The number of nitrogens with one attached hydrogen (secondary N) is 2. The molecule has 29 heavy (non-hydrogen) atoms. The molecule has 0 fully saturated rings. The molecule has 5 rings (SSSR count). The van der Waals surface area contributed by atoms with E-state index >= 15 is 0 Å². The molecule has 0 aliphatic heterocycles. The van der Waals surface area contributed by atoms with Crippen LogP contribution in [0.15, 0.2) is 60.9 Å². The van der Waals surface area contributed by atoms with E-state index in [0.29, 0.717) is 13.1 Å². The first-order valence-corrected chi connectivity index (χ1v) is 10.2. The Morgan fingerprint density at radius 3 is 2.79 bits per heavy atom. The molecule has 4 aromatic rings. The van der Waals surface area contributed by atoms with Crippen LogP contribution in [0, 0.1) is 0 Å². The second-order valence-electron chi connectivity index (χ2n) is 7.70. The van der Waals surface area contributed by atoms with Crippen molar-refractivity contribution in [3.8, 4) is 0 Å². The highest BCUT2D eigenvalue weighted by atomic mass is 16.1. The summed E-state index contributed by atoms with van der Waals surface area (Å²) in [5.41, 5.74) is 6.86. The third kappa shape index (κ3) is 3.56. The van der Waals surface area contributed by atoms with Crippen LogP contribution in [-0.4, -0.2) is 20.7 Å². The fourth-order valence-corrected chi connectivity index (χ4v) is 4.28. The minimum Gasteiger partial charge on any atom is -0.358 e. The molecular weight excluding hydrogens is 360 g/mol. The van der Waals surface area contributed by atoms with Crippen molar-refractivity contribution in [2.45, 2.75) is 38.8 Å². The predicted octanol–water partition coefficient (Wildman–Crippen LogP) is 4.22. The zero-order valence-electron chi connectivity index (χ0n) is 16.3. The summed E-state index contributed by atoms with van der Waals surface area (Å²) in [4.78, 5) is 16.4. The zero-order valence-corrected chi connectivity index (χ0v) is 16.3. The van der Waals surface area contributed by atoms with Crippen LogP contribution in [0.2, 0.25) is 0 Å². The minimum absolute atomic E-state index is 0.0356. The van der Waals surface area contributed by atoms with Crippen molar-refractivity contribution >= 4 is 16.8 Å². The van der Waals surface area contributed by atoms with Gasteiger partial charge in [-0.1, -0.05) is 24.3 Å². The van der Waals surface area contributed by atoms with Crippen molar-refractivity contribution in [3.05, 3.63) is 88.9 Å². The summed E-state index contributed by atoms with van der Waals surface area (Å²) in [5, 5.41) is 8.57. The van der Waals surface area contributed by atoms with E-state index in [1.54, 1.807) is 6.20 Å². The molecule has 2 N–H and O–H groups in total. The molecule has 2 aromatic carbocycles. The minimum atomic E-state index is -0.0356. The number of amides is 1. The fourth-order valence-electron chi connectivity index (χ4n) is 4.28. The van der Waals surface area contributed by atoms with Crippen LogP contribution in [0.1, 0.15) is 45.6 Å². The van der Waals surface area contributed by atoms with Gasteiger partial charge in [-0.15, -0.1) is 0 Å². The standard InChI is InChI=1S/C24H24N4O/c29-24(17-10-11-23-21(14-17)20-8-3-4-9-22(20)27-23)25-15-18-6-1-2-7-19(18)16-28-13-5-12-26-28/h1-2,5-7,10-14,27H,3-4,8-9,15-16H2,(H,25,29). The van der Waals surface area contributed by atoms with Crippen molar-refractivity contribution < 1.29 is 4.79 Å². The van der Waals surface area contributed by atoms with Crippen LogP contribution in [-0.2, 0) is 25.9 Å². The molecule has 0 unspecified atom stereocenters. The van der Waals surface area contributed by atoms with Gasteiger partial charge < -0.3 is 10.3 Å². The molecule has 1 aliphatic rings. The number of aromatic nitrogens is 3. The summed E-state index contributed by atoms with van der Waals surface area (Å²) in [6.45, 7) is 1.19. The van der Waals surface area contributed by atoms with E-state index in [4.69, 9.17) is 0 Å². The number of aryl methyl sites for hydroxylation is 2. The van der Waals surface area contributed by atoms with Gasteiger partial charge >= 0.3 is 0 Å². The lowest BCUT2D eigenvalue weighted by molar-refractivity contribution is 0.0951. The number of benzene rings is 2. The van der Waals surface area contributed by atoms with Gasteiger partial charge in [-0.25, -0.2) is 0 Å². The van der Waals surface area contributed by atoms with Gasteiger partial charge in [0.1, 0.15) is 0 Å². The lowest BCUT2D eigenvalue weighted by Crippen LogP contribution is -2.23. The number of carbonyl (C=O) groups excluding carboxylic acids is 1. The number of fused-ring (bicyclic) bond motifs is 3. The summed E-state index contributed by atoms with van der Waals surface area (Å²) < 4.78 is 1.89. The number of H-pyrrole nitrogens is 1. The van der Waals surface area contributed by atoms with Crippen LogP contribution in [0.4, 0.5) is 0 Å². The van der Waals surface area contributed by atoms with Crippen molar-refractivity contribution in [3.63, 3.8) is 0 Å². The molecule has 0 bridgehead atoms. The van der Waals surface area contributed by atoms with Crippen molar-refractivity contribution in [1.82, 2.24) is 20.1 Å². The van der Waals surface area contributed by atoms with E-state index in [1.165, 1.54) is 29.5 Å². The van der Waals surface area contributed by atoms with Crippen molar-refractivity contribution in [1.29, 1.82) is 0 Å². The summed E-state index contributed by atoms with van der Waals surface area (Å²) in [6.07, 6.45) is 8.40. The SMILES string of the molecule is O=C(NCc1ccccc1Cn1cccn1)c1ccc2[nH]c3c(c2c1)CCCC3. The smallest absolute Gasteiger partial charge is 0.251 e. The highest BCUT2D eigenvalue weighted by Gasteiger charge is 2.17. The molecule has 146 valence electrons. The molecule has 0 atom stereocenters. The second-order valence-corrected chi connectivity index (χ2v) is 7.70. The van der Waals surface area contributed by atoms with Crippen LogP contribution in [0.5, 0.6) is 0 Å². The van der Waals surface area contributed by atoms with Crippen molar-refractivity contribution in [2.24, 2.45) is 0 Å². The number of rotatable bonds is 5. The third-order valence-electron chi connectivity index (χ3n) is 5.81. The van der Waals surface area contributed by atoms with Gasteiger partial charge in [0.2, 0.25) is 0 Å². The average molecular weight is 384 g/mol. The van der Waals surface area contributed by atoms with Gasteiger partial charge in [0, 0.05) is 41.1 Å². The normalized spacial score (nSPS) is 13.4. The van der Waals surface area contributed by atoms with E-state index < -0.39 is 0 Å². The average Bonchev–Trinajstić information content (AvgIpc) is 3.40. The number of hydrogen-bond acceptors (Lipinski definition) is 2. The van der Waals surface area contributed by atoms with Gasteiger partial charge in [-0.2, -0.15) is 5.10 Å². The van der Waals surface area contributed by atoms with E-state index in [2.05, 4.69) is 27.5 Å². The zero-order chi connectivity index (χ0) is 19.6. The Labute approximate surface area is 169 Å². The van der Waals surface area contributed by atoms with Gasteiger partial charge in [-0.3, -0.25) is 9.48 Å². The Balaban J connectivity index is 1.34. The molecule has 0 spiro atoms. The Morgan fingerprint density at radius 2 is 1.93 bits per heavy atom. The molecule has 0 saturated carbocycles. The Hall–Kier alpha value is -3.34. The summed E-state index contributed by atoms with van der Waals surface area (Å²) in [5.74, 6) is -0.0356. The molecule has 2 aromatic heterocycles. The first-order chi connectivity index (χ1) is 14.3. The lowest BCUT2D eigenvalue weighted by atomic mass is 9.95. The van der Waals surface area contributed by atoms with Crippen LogP contribution >= 0.6 is 0 Å². The summed E-state index contributed by atoms with van der Waals surface area (Å²) >= 11 is 0. The van der Waals surface area contributed by atoms with Crippen molar-refractivity contribution in [2.75, 3.05) is 0 Å². The maximum atomic E-state index is 12.8. The predicted molar refractivity (Wildman–Crippen MR) is 114 cm³/mol. The Bertz CT molecular complexity index is 1160.